The van der Waals surface area contributed by atoms with Gasteiger partial charge in [-0.2, -0.15) is 0 Å². The molecule has 1 aliphatic carbocycles. The van der Waals surface area contributed by atoms with Gasteiger partial charge in [-0.25, -0.2) is 8.42 Å². The number of amides is 1. The van der Waals surface area contributed by atoms with Crippen LogP contribution in [0.4, 0.5) is 0 Å². The summed E-state index contributed by atoms with van der Waals surface area (Å²) in [5, 5.41) is 2.85. The van der Waals surface area contributed by atoms with Gasteiger partial charge in [0.25, 0.3) is 0 Å². The number of ether oxygens (including phenoxy) is 1. The quantitative estimate of drug-likeness (QED) is 0.769. The van der Waals surface area contributed by atoms with E-state index in [-0.39, 0.29) is 29.3 Å². The summed E-state index contributed by atoms with van der Waals surface area (Å²) in [5.41, 5.74) is 5.74. The summed E-state index contributed by atoms with van der Waals surface area (Å²) >= 11 is 0. The summed E-state index contributed by atoms with van der Waals surface area (Å²) in [7, 11) is -3.22. The second-order valence-corrected chi connectivity index (χ2v) is 8.96. The molecule has 0 aromatic heterocycles. The van der Waals surface area contributed by atoms with E-state index in [0.717, 1.165) is 11.8 Å². The van der Waals surface area contributed by atoms with Crippen LogP contribution in [0.3, 0.4) is 0 Å². The van der Waals surface area contributed by atoms with Crippen LogP contribution < -0.4 is 11.1 Å². The number of hydrogen-bond acceptors (Lipinski definition) is 5. The minimum absolute atomic E-state index is 0. The maximum absolute atomic E-state index is 12.5. The Morgan fingerprint density at radius 3 is 2.32 bits per heavy atom. The van der Waals surface area contributed by atoms with Gasteiger partial charge in [0.05, 0.1) is 11.0 Å². The highest BCUT2D eigenvalue weighted by molar-refractivity contribution is 7.90. The van der Waals surface area contributed by atoms with Crippen LogP contribution in [0, 0.1) is 5.41 Å². The van der Waals surface area contributed by atoms with Gasteiger partial charge in [0.15, 0.2) is 9.84 Å². The molecule has 1 aromatic carbocycles. The molecule has 1 saturated carbocycles. The highest BCUT2D eigenvalue weighted by Gasteiger charge is 2.62. The molecule has 6 nitrogen and oxygen atoms in total. The van der Waals surface area contributed by atoms with Crippen molar-refractivity contribution in [2.45, 2.75) is 50.3 Å². The molecular weight excluding hydrogens is 364 g/mol. The number of carbonyl (C=O) groups is 1. The summed E-state index contributed by atoms with van der Waals surface area (Å²) < 4.78 is 28.5. The SMILES string of the molecule is CCOC1CC(N)(C(=O)NCc2ccc(S(C)(=O)=O)cc2)C1(C)C.Cl. The van der Waals surface area contributed by atoms with E-state index < -0.39 is 20.8 Å². The van der Waals surface area contributed by atoms with Crippen molar-refractivity contribution in [2.24, 2.45) is 11.1 Å². The van der Waals surface area contributed by atoms with Crippen molar-refractivity contribution >= 4 is 28.2 Å². The van der Waals surface area contributed by atoms with Crippen molar-refractivity contribution < 1.29 is 17.9 Å². The third-order valence-corrected chi connectivity index (χ3v) is 6.17. The number of hydrogen-bond donors (Lipinski definition) is 2. The van der Waals surface area contributed by atoms with E-state index in [1.165, 1.54) is 12.1 Å². The zero-order valence-corrected chi connectivity index (χ0v) is 16.7. The van der Waals surface area contributed by atoms with Gasteiger partial charge in [-0.05, 0) is 24.6 Å². The molecule has 1 aromatic rings. The Hall–Kier alpha value is -1.15. The fourth-order valence-corrected chi connectivity index (χ4v) is 3.65. The maximum atomic E-state index is 12.5. The van der Waals surface area contributed by atoms with Crippen LogP contribution in [-0.4, -0.2) is 38.8 Å². The lowest BCUT2D eigenvalue weighted by Crippen LogP contribution is -2.75. The first-order valence-electron chi connectivity index (χ1n) is 8.00. The van der Waals surface area contributed by atoms with Crippen molar-refractivity contribution in [2.75, 3.05) is 12.9 Å². The lowest BCUT2D eigenvalue weighted by molar-refractivity contribution is -0.170. The molecule has 1 fully saturated rings. The first kappa shape index (κ1) is 21.9. The first-order valence-corrected chi connectivity index (χ1v) is 9.89. The van der Waals surface area contributed by atoms with E-state index in [0.29, 0.717) is 19.6 Å². The lowest BCUT2D eigenvalue weighted by atomic mass is 9.54. The Morgan fingerprint density at radius 2 is 1.88 bits per heavy atom. The zero-order valence-electron chi connectivity index (χ0n) is 15.0. The van der Waals surface area contributed by atoms with E-state index in [2.05, 4.69) is 5.32 Å². The minimum atomic E-state index is -3.22. The molecule has 1 aliphatic rings. The molecule has 0 radical (unpaired) electrons. The fraction of sp³-hybridized carbons (Fsp3) is 0.588. The molecule has 1 amide bonds. The van der Waals surface area contributed by atoms with E-state index in [9.17, 15) is 13.2 Å². The third-order valence-electron chi connectivity index (χ3n) is 5.04. The van der Waals surface area contributed by atoms with Crippen LogP contribution >= 0.6 is 12.4 Å². The molecule has 0 spiro atoms. The Kier molecular flexibility index (Phi) is 6.67. The van der Waals surface area contributed by atoms with Gasteiger partial charge in [-0.1, -0.05) is 26.0 Å². The van der Waals surface area contributed by atoms with Crippen molar-refractivity contribution in [3.63, 3.8) is 0 Å². The molecule has 0 saturated heterocycles. The largest absolute Gasteiger partial charge is 0.378 e. The normalized spacial score (nSPS) is 24.8. The monoisotopic (exact) mass is 390 g/mol. The van der Waals surface area contributed by atoms with Crippen LogP contribution in [0.25, 0.3) is 0 Å². The highest BCUT2D eigenvalue weighted by Crippen LogP contribution is 2.49. The molecule has 25 heavy (non-hydrogen) atoms. The molecule has 2 atom stereocenters. The second-order valence-electron chi connectivity index (χ2n) is 6.94. The Labute approximate surface area is 155 Å². The van der Waals surface area contributed by atoms with Crippen LogP contribution in [0.5, 0.6) is 0 Å². The summed E-state index contributed by atoms with van der Waals surface area (Å²) in [4.78, 5) is 12.8. The highest BCUT2D eigenvalue weighted by atomic mass is 35.5. The average Bonchev–Trinajstić information content (AvgIpc) is 2.51. The number of benzene rings is 1. The van der Waals surface area contributed by atoms with Crippen LogP contribution in [0.15, 0.2) is 29.2 Å². The number of nitrogens with two attached hydrogens (primary N) is 1. The van der Waals surface area contributed by atoms with Crippen molar-refractivity contribution in [3.8, 4) is 0 Å². The number of halogens is 1. The predicted molar refractivity (Wildman–Crippen MR) is 99.4 cm³/mol. The number of carbonyl (C=O) groups excluding carboxylic acids is 1. The summed E-state index contributed by atoms with van der Waals surface area (Å²) in [6.07, 6.45) is 1.63. The topological polar surface area (TPSA) is 98.5 Å². The predicted octanol–water partition coefficient (Wildman–Crippen LogP) is 1.66. The number of nitrogens with one attached hydrogen (secondary N) is 1. The number of rotatable bonds is 6. The van der Waals surface area contributed by atoms with E-state index >= 15 is 0 Å². The molecule has 3 N–H and O–H groups in total. The van der Waals surface area contributed by atoms with E-state index in [4.69, 9.17) is 10.5 Å². The maximum Gasteiger partial charge on any atom is 0.241 e. The molecule has 0 aliphatic heterocycles. The Morgan fingerprint density at radius 1 is 1.32 bits per heavy atom. The lowest BCUT2D eigenvalue weighted by Gasteiger charge is -2.57. The molecule has 2 unspecified atom stereocenters. The smallest absolute Gasteiger partial charge is 0.241 e. The molecule has 0 bridgehead atoms. The van der Waals surface area contributed by atoms with Gasteiger partial charge in [-0.15, -0.1) is 12.4 Å². The second kappa shape index (κ2) is 7.61. The molecule has 2 rings (SSSR count). The van der Waals surface area contributed by atoms with Gasteiger partial charge in [-0.3, -0.25) is 4.79 Å². The molecule has 0 heterocycles. The van der Waals surface area contributed by atoms with Crippen molar-refractivity contribution in [3.05, 3.63) is 29.8 Å². The summed E-state index contributed by atoms with van der Waals surface area (Å²) in [6, 6.07) is 6.45. The number of sulfone groups is 1. The molecule has 142 valence electrons. The molecule has 8 heteroatoms. The minimum Gasteiger partial charge on any atom is -0.378 e. The standard InChI is InChI=1S/C17H26N2O4S.ClH/c1-5-23-14-10-17(18,16(14,2)3)15(20)19-11-12-6-8-13(9-7-12)24(4,21)22;/h6-9,14H,5,10-11,18H2,1-4H3,(H,19,20);1H. The van der Waals surface area contributed by atoms with Gasteiger partial charge in [0.2, 0.25) is 5.91 Å². The molecular formula is C17H27ClN2O4S. The van der Waals surface area contributed by atoms with Crippen LogP contribution in [-0.2, 0) is 25.9 Å². The van der Waals surface area contributed by atoms with E-state index in [1.807, 2.05) is 20.8 Å². The van der Waals surface area contributed by atoms with Crippen LogP contribution in [0.2, 0.25) is 0 Å². The fourth-order valence-electron chi connectivity index (χ4n) is 3.02. The van der Waals surface area contributed by atoms with Gasteiger partial charge in [0, 0.05) is 31.2 Å². The Bertz CT molecular complexity index is 719. The van der Waals surface area contributed by atoms with E-state index in [1.54, 1.807) is 12.1 Å². The third kappa shape index (κ3) is 4.16. The Balaban J connectivity index is 0.00000312. The summed E-state index contributed by atoms with van der Waals surface area (Å²) in [6.45, 7) is 6.71. The van der Waals surface area contributed by atoms with Crippen molar-refractivity contribution in [1.29, 1.82) is 0 Å². The van der Waals surface area contributed by atoms with Crippen LogP contribution in [0.1, 0.15) is 32.8 Å². The average molecular weight is 391 g/mol. The first-order chi connectivity index (χ1) is 11.0. The van der Waals surface area contributed by atoms with Gasteiger partial charge >= 0.3 is 0 Å². The zero-order chi connectivity index (χ0) is 18.2. The van der Waals surface area contributed by atoms with Gasteiger partial charge < -0.3 is 15.8 Å². The van der Waals surface area contributed by atoms with Crippen molar-refractivity contribution in [1.82, 2.24) is 5.32 Å². The summed E-state index contributed by atoms with van der Waals surface area (Å²) in [5.74, 6) is -0.212. The van der Waals surface area contributed by atoms with Gasteiger partial charge in [0.1, 0.15) is 5.54 Å².